The summed E-state index contributed by atoms with van der Waals surface area (Å²) < 4.78 is 5.35. The van der Waals surface area contributed by atoms with Gasteiger partial charge in [-0.3, -0.25) is 0 Å². The average molecular weight is 323 g/mol. The van der Waals surface area contributed by atoms with Crippen LogP contribution in [-0.4, -0.2) is 58.8 Å². The number of carboxylic acid groups (broad SMARTS) is 1. The first-order valence-corrected chi connectivity index (χ1v) is 7.81. The number of aromatic amines is 1. The number of carboxylic acids is 1. The predicted octanol–water partition coefficient (Wildman–Crippen LogP) is 1.79. The van der Waals surface area contributed by atoms with E-state index in [9.17, 15) is 9.59 Å². The van der Waals surface area contributed by atoms with Crippen LogP contribution in [0.4, 0.5) is 4.79 Å². The van der Waals surface area contributed by atoms with E-state index in [1.54, 1.807) is 12.3 Å². The maximum Gasteiger partial charge on any atom is 0.410 e. The van der Waals surface area contributed by atoms with E-state index in [0.29, 0.717) is 11.8 Å². The molecule has 1 aromatic heterocycles. The second-order valence-electron chi connectivity index (χ2n) is 6.95. The number of likely N-dealkylation sites (tertiary alicyclic amines) is 1. The highest BCUT2D eigenvalue weighted by Crippen LogP contribution is 2.27. The molecule has 7 nitrogen and oxygen atoms in total. The van der Waals surface area contributed by atoms with Crippen LogP contribution < -0.4 is 5.32 Å². The zero-order chi connectivity index (χ0) is 17.0. The topological polar surface area (TPSA) is 94.7 Å². The molecular formula is C16H25N3O4. The zero-order valence-corrected chi connectivity index (χ0v) is 13.8. The van der Waals surface area contributed by atoms with Crippen molar-refractivity contribution >= 4 is 12.1 Å². The minimum Gasteiger partial charge on any atom is -0.477 e. The van der Waals surface area contributed by atoms with Gasteiger partial charge >= 0.3 is 12.1 Å². The van der Waals surface area contributed by atoms with E-state index in [1.807, 2.05) is 25.7 Å². The lowest BCUT2D eigenvalue weighted by Gasteiger charge is -2.24. The van der Waals surface area contributed by atoms with Crippen molar-refractivity contribution in [1.82, 2.24) is 15.2 Å². The van der Waals surface area contributed by atoms with Crippen LogP contribution in [0.15, 0.2) is 18.3 Å². The number of aromatic nitrogens is 1. The van der Waals surface area contributed by atoms with Gasteiger partial charge < -0.3 is 25.0 Å². The lowest BCUT2D eigenvalue weighted by Crippen LogP contribution is -2.36. The molecule has 128 valence electrons. The summed E-state index contributed by atoms with van der Waals surface area (Å²) in [6.45, 7) is 9.52. The van der Waals surface area contributed by atoms with Crippen LogP contribution in [-0.2, 0) is 4.74 Å². The highest BCUT2D eigenvalue weighted by molar-refractivity contribution is 5.85. The summed E-state index contributed by atoms with van der Waals surface area (Å²) in [5.74, 6) is 0.352. The van der Waals surface area contributed by atoms with Gasteiger partial charge in [-0.2, -0.15) is 0 Å². The molecule has 1 amide bonds. The number of rotatable bonds is 1. The van der Waals surface area contributed by atoms with Gasteiger partial charge in [0.1, 0.15) is 11.3 Å². The number of aromatic carboxylic acids is 1. The number of amides is 1. The lowest BCUT2D eigenvalue weighted by molar-refractivity contribution is 0.0281. The molecule has 2 atom stereocenters. The Morgan fingerprint density at radius 3 is 2.26 bits per heavy atom. The van der Waals surface area contributed by atoms with E-state index in [4.69, 9.17) is 9.84 Å². The van der Waals surface area contributed by atoms with Gasteiger partial charge in [-0.1, -0.05) is 0 Å². The third kappa shape index (κ3) is 4.99. The Morgan fingerprint density at radius 2 is 1.87 bits per heavy atom. The Bertz CT molecular complexity index is 524. The fourth-order valence-electron chi connectivity index (χ4n) is 2.79. The van der Waals surface area contributed by atoms with Crippen LogP contribution in [0.25, 0.3) is 0 Å². The molecule has 23 heavy (non-hydrogen) atoms. The number of hydrogen-bond acceptors (Lipinski definition) is 4. The minimum absolute atomic E-state index is 0.156. The van der Waals surface area contributed by atoms with Crippen molar-refractivity contribution in [2.45, 2.75) is 26.4 Å². The van der Waals surface area contributed by atoms with Crippen LogP contribution in [0.5, 0.6) is 0 Å². The van der Waals surface area contributed by atoms with Crippen LogP contribution >= 0.6 is 0 Å². The number of nitrogens with zero attached hydrogens (tertiary/aromatic N) is 1. The lowest BCUT2D eigenvalue weighted by atomic mass is 10.0. The molecule has 3 N–H and O–H groups in total. The third-order valence-corrected chi connectivity index (χ3v) is 3.87. The van der Waals surface area contributed by atoms with Crippen molar-refractivity contribution in [3.05, 3.63) is 24.0 Å². The van der Waals surface area contributed by atoms with Crippen LogP contribution in [0.2, 0.25) is 0 Å². The molecule has 2 fully saturated rings. The second-order valence-corrected chi connectivity index (χ2v) is 6.95. The van der Waals surface area contributed by atoms with Gasteiger partial charge in [0.25, 0.3) is 0 Å². The minimum atomic E-state index is -0.921. The van der Waals surface area contributed by atoms with Crippen LogP contribution in [0.1, 0.15) is 31.3 Å². The Hall–Kier alpha value is -2.02. The molecule has 0 saturated carbocycles. The van der Waals surface area contributed by atoms with Crippen molar-refractivity contribution in [2.75, 3.05) is 26.2 Å². The smallest absolute Gasteiger partial charge is 0.410 e. The maximum absolute atomic E-state index is 11.8. The summed E-state index contributed by atoms with van der Waals surface area (Å²) in [4.78, 5) is 26.2. The molecule has 2 aliphatic heterocycles. The number of nitrogens with one attached hydrogen (secondary N) is 2. The van der Waals surface area contributed by atoms with Crippen LogP contribution in [0.3, 0.4) is 0 Å². The van der Waals surface area contributed by atoms with Crippen molar-refractivity contribution in [3.8, 4) is 0 Å². The van der Waals surface area contributed by atoms with E-state index < -0.39 is 5.97 Å². The van der Waals surface area contributed by atoms with E-state index in [-0.39, 0.29) is 17.4 Å². The fraction of sp³-hybridized carbons (Fsp3) is 0.625. The molecule has 3 heterocycles. The third-order valence-electron chi connectivity index (χ3n) is 3.87. The fourth-order valence-corrected chi connectivity index (χ4v) is 2.79. The number of H-pyrrole nitrogens is 1. The molecule has 0 radical (unpaired) electrons. The van der Waals surface area contributed by atoms with Gasteiger partial charge in [0, 0.05) is 32.4 Å². The van der Waals surface area contributed by atoms with Gasteiger partial charge in [-0.15, -0.1) is 0 Å². The molecule has 2 aliphatic rings. The second kappa shape index (κ2) is 7.04. The van der Waals surface area contributed by atoms with E-state index >= 15 is 0 Å². The van der Waals surface area contributed by atoms with Crippen molar-refractivity contribution in [2.24, 2.45) is 11.8 Å². The number of carbonyl (C=O) groups excluding carboxylic acids is 1. The standard InChI is InChI=1S/C11H20N2O2.C5H5NO2/c1-11(2,3)15-10(14)13-6-8-4-12-5-9(8)7-13;7-5(8)4-2-1-3-6-4/h8-9,12H,4-7H2,1-3H3;1-3,6H,(H,7,8). The average Bonchev–Trinajstić information content (AvgIpc) is 3.14. The summed E-state index contributed by atoms with van der Waals surface area (Å²) in [5, 5.41) is 11.6. The van der Waals surface area contributed by atoms with Crippen molar-refractivity contribution in [3.63, 3.8) is 0 Å². The molecular weight excluding hydrogens is 298 g/mol. The summed E-state index contributed by atoms with van der Waals surface area (Å²) in [6.07, 6.45) is 1.42. The van der Waals surface area contributed by atoms with Gasteiger partial charge in [-0.25, -0.2) is 9.59 Å². The Balaban J connectivity index is 0.000000203. The summed E-state index contributed by atoms with van der Waals surface area (Å²) >= 11 is 0. The molecule has 7 heteroatoms. The molecule has 0 bridgehead atoms. The first kappa shape index (κ1) is 17.3. The first-order valence-electron chi connectivity index (χ1n) is 7.81. The van der Waals surface area contributed by atoms with E-state index in [2.05, 4.69) is 10.3 Å². The van der Waals surface area contributed by atoms with Crippen molar-refractivity contribution in [1.29, 1.82) is 0 Å². The quantitative estimate of drug-likeness (QED) is 0.732. The van der Waals surface area contributed by atoms with Gasteiger partial charge in [-0.05, 0) is 44.7 Å². The largest absolute Gasteiger partial charge is 0.477 e. The molecule has 2 saturated heterocycles. The van der Waals surface area contributed by atoms with Gasteiger partial charge in [0.05, 0.1) is 0 Å². The normalized spacial score (nSPS) is 23.0. The molecule has 0 aromatic carbocycles. The highest BCUT2D eigenvalue weighted by Gasteiger charge is 2.39. The van der Waals surface area contributed by atoms with Crippen molar-refractivity contribution < 1.29 is 19.4 Å². The van der Waals surface area contributed by atoms with E-state index in [1.165, 1.54) is 6.07 Å². The molecule has 2 unspecified atom stereocenters. The summed E-state index contributed by atoms with van der Waals surface area (Å²) in [6, 6.07) is 3.14. The van der Waals surface area contributed by atoms with Gasteiger partial charge in [0.2, 0.25) is 0 Å². The number of fused-ring (bicyclic) bond motifs is 1. The predicted molar refractivity (Wildman–Crippen MR) is 85.4 cm³/mol. The Morgan fingerprint density at radius 1 is 1.26 bits per heavy atom. The Kier molecular flexibility index (Phi) is 5.30. The number of carbonyl (C=O) groups is 2. The highest BCUT2D eigenvalue weighted by atomic mass is 16.6. The molecule has 0 aliphatic carbocycles. The van der Waals surface area contributed by atoms with E-state index in [0.717, 1.165) is 26.2 Å². The number of hydrogen-bond donors (Lipinski definition) is 3. The summed E-state index contributed by atoms with van der Waals surface area (Å²) in [5.41, 5.74) is -0.155. The molecule has 1 aromatic rings. The maximum atomic E-state index is 11.8. The SMILES string of the molecule is CC(C)(C)OC(=O)N1CC2CNCC2C1.O=C(O)c1ccc[nH]1. The van der Waals surface area contributed by atoms with Crippen LogP contribution in [0, 0.1) is 11.8 Å². The zero-order valence-electron chi connectivity index (χ0n) is 13.8. The Labute approximate surface area is 136 Å². The van der Waals surface area contributed by atoms with Gasteiger partial charge in [0.15, 0.2) is 0 Å². The monoisotopic (exact) mass is 323 g/mol. The number of ether oxygens (including phenoxy) is 1. The molecule has 0 spiro atoms. The first-order chi connectivity index (χ1) is 10.8. The summed E-state index contributed by atoms with van der Waals surface area (Å²) in [7, 11) is 0. The molecule has 3 rings (SSSR count).